The van der Waals surface area contributed by atoms with Gasteiger partial charge in [0.25, 0.3) is 0 Å². The van der Waals surface area contributed by atoms with Gasteiger partial charge in [0.05, 0.1) is 29.1 Å². The van der Waals surface area contributed by atoms with Crippen molar-refractivity contribution in [2.75, 3.05) is 30.9 Å². The molecule has 9 heteroatoms. The average Bonchev–Trinajstić information content (AvgIpc) is 3.34. The molecule has 0 N–H and O–H groups in total. The van der Waals surface area contributed by atoms with E-state index in [2.05, 4.69) is 4.98 Å². The Bertz CT molecular complexity index is 920. The third kappa shape index (κ3) is 4.07. The minimum Gasteiger partial charge on any atom is -0.376 e. The van der Waals surface area contributed by atoms with Gasteiger partial charge in [-0.2, -0.15) is 4.31 Å². The lowest BCUT2D eigenvalue weighted by Gasteiger charge is -2.35. The largest absolute Gasteiger partial charge is 0.376 e. The van der Waals surface area contributed by atoms with Crippen molar-refractivity contribution in [1.82, 2.24) is 9.29 Å². The van der Waals surface area contributed by atoms with E-state index >= 15 is 0 Å². The van der Waals surface area contributed by atoms with Gasteiger partial charge in [0.15, 0.2) is 5.13 Å². The van der Waals surface area contributed by atoms with E-state index in [0.717, 1.165) is 35.9 Å². The van der Waals surface area contributed by atoms with Crippen LogP contribution in [-0.4, -0.2) is 61.7 Å². The van der Waals surface area contributed by atoms with Gasteiger partial charge in [0.2, 0.25) is 15.9 Å². The fourth-order valence-corrected chi connectivity index (χ4v) is 6.06. The normalized spacial score (nSPS) is 23.9. The molecule has 0 spiro atoms. The summed E-state index contributed by atoms with van der Waals surface area (Å²) in [6.07, 6.45) is 5.19. The summed E-state index contributed by atoms with van der Waals surface area (Å²) >= 11 is 1.46. The van der Waals surface area contributed by atoms with Gasteiger partial charge >= 0.3 is 0 Å². The molecular weight excluding hydrogens is 398 g/mol. The van der Waals surface area contributed by atoms with E-state index in [9.17, 15) is 13.2 Å². The van der Waals surface area contributed by atoms with Gasteiger partial charge in [0, 0.05) is 13.2 Å². The average molecular weight is 424 g/mol. The molecule has 0 saturated carbocycles. The van der Waals surface area contributed by atoms with E-state index in [1.54, 1.807) is 4.90 Å². The molecule has 0 unspecified atom stereocenters. The summed E-state index contributed by atoms with van der Waals surface area (Å²) in [6.45, 7) is 1.50. The Hall–Kier alpha value is -1.55. The Balaban J connectivity index is 1.68. The van der Waals surface area contributed by atoms with Crippen LogP contribution in [0.1, 0.15) is 32.1 Å². The zero-order valence-corrected chi connectivity index (χ0v) is 17.5. The molecule has 2 aliphatic rings. The molecule has 3 heterocycles. The van der Waals surface area contributed by atoms with Crippen LogP contribution in [0.15, 0.2) is 24.3 Å². The summed E-state index contributed by atoms with van der Waals surface area (Å²) in [5, 5.41) is 0.612. The number of carbonyl (C=O) groups is 1. The third-order valence-electron chi connectivity index (χ3n) is 5.35. The lowest BCUT2D eigenvalue weighted by atomic mass is 10.0. The topological polar surface area (TPSA) is 79.8 Å². The molecule has 152 valence electrons. The molecule has 1 aromatic carbocycles. The van der Waals surface area contributed by atoms with Crippen LogP contribution in [0.3, 0.4) is 0 Å². The molecule has 4 rings (SSSR count). The number of sulfonamides is 1. The van der Waals surface area contributed by atoms with Crippen LogP contribution in [0.25, 0.3) is 10.2 Å². The van der Waals surface area contributed by atoms with Crippen molar-refractivity contribution < 1.29 is 17.9 Å². The minimum atomic E-state index is -3.45. The van der Waals surface area contributed by atoms with Crippen LogP contribution in [0.4, 0.5) is 5.13 Å². The number of carbonyl (C=O) groups excluding carboxylic acids is 1. The maximum Gasteiger partial charge on any atom is 0.247 e. The third-order valence-corrected chi connectivity index (χ3v) is 7.70. The highest BCUT2D eigenvalue weighted by molar-refractivity contribution is 7.88. The Morgan fingerprint density at radius 1 is 1.29 bits per heavy atom. The van der Waals surface area contributed by atoms with Gasteiger partial charge in [-0.25, -0.2) is 13.4 Å². The number of anilines is 1. The first kappa shape index (κ1) is 19.8. The van der Waals surface area contributed by atoms with Gasteiger partial charge in [-0.3, -0.25) is 9.69 Å². The monoisotopic (exact) mass is 423 g/mol. The second kappa shape index (κ2) is 8.06. The van der Waals surface area contributed by atoms with Gasteiger partial charge < -0.3 is 4.74 Å². The van der Waals surface area contributed by atoms with Crippen molar-refractivity contribution >= 4 is 42.6 Å². The highest BCUT2D eigenvalue weighted by Gasteiger charge is 2.39. The van der Waals surface area contributed by atoms with Crippen molar-refractivity contribution in [2.45, 2.75) is 44.2 Å². The standard InChI is InChI=1S/C19H25N3O4S2/c1-28(24,25)22-11-5-4-9-16(22)18(23)21(13-14-7-6-12-26-14)19-20-15-8-2-3-10-17(15)27-19/h2-3,8,10,14,16H,4-7,9,11-13H2,1H3/t14-,16-/m1/s1. The molecule has 2 aliphatic heterocycles. The fourth-order valence-electron chi connectivity index (χ4n) is 3.96. The fraction of sp³-hybridized carbons (Fsp3) is 0.579. The van der Waals surface area contributed by atoms with Crippen molar-refractivity contribution in [3.8, 4) is 0 Å². The van der Waals surface area contributed by atoms with E-state index < -0.39 is 16.1 Å². The zero-order valence-electron chi connectivity index (χ0n) is 15.9. The maximum absolute atomic E-state index is 13.6. The molecular formula is C19H25N3O4S2. The van der Waals surface area contributed by atoms with Crippen molar-refractivity contribution in [3.05, 3.63) is 24.3 Å². The molecule has 28 heavy (non-hydrogen) atoms. The van der Waals surface area contributed by atoms with Crippen LogP contribution < -0.4 is 4.90 Å². The number of benzene rings is 1. The molecule has 0 aliphatic carbocycles. The van der Waals surface area contributed by atoms with Crippen LogP contribution in [-0.2, 0) is 19.6 Å². The number of para-hydroxylation sites is 1. The first-order valence-electron chi connectivity index (χ1n) is 9.69. The number of amides is 1. The van der Waals surface area contributed by atoms with Crippen molar-refractivity contribution in [2.24, 2.45) is 0 Å². The van der Waals surface area contributed by atoms with Gasteiger partial charge in [-0.05, 0) is 37.8 Å². The number of hydrogen-bond donors (Lipinski definition) is 0. The van der Waals surface area contributed by atoms with Gasteiger partial charge in [-0.1, -0.05) is 29.9 Å². The molecule has 1 aromatic heterocycles. The second-order valence-electron chi connectivity index (χ2n) is 7.43. The Kier molecular flexibility index (Phi) is 5.69. The predicted molar refractivity (Wildman–Crippen MR) is 110 cm³/mol. The summed E-state index contributed by atoms with van der Waals surface area (Å²) in [5.74, 6) is -0.195. The van der Waals surface area contributed by atoms with Gasteiger partial charge in [-0.15, -0.1) is 0 Å². The number of thiazole rings is 1. The summed E-state index contributed by atoms with van der Waals surface area (Å²) in [6, 6.07) is 7.10. The van der Waals surface area contributed by atoms with Gasteiger partial charge in [0.1, 0.15) is 6.04 Å². The van der Waals surface area contributed by atoms with E-state index in [1.807, 2.05) is 24.3 Å². The summed E-state index contributed by atoms with van der Waals surface area (Å²) < 4.78 is 32.6. The first-order valence-corrected chi connectivity index (χ1v) is 12.4. The molecule has 2 aromatic rings. The number of fused-ring (bicyclic) bond motifs is 1. The van der Waals surface area contributed by atoms with Crippen LogP contribution >= 0.6 is 11.3 Å². The smallest absolute Gasteiger partial charge is 0.247 e. The predicted octanol–water partition coefficient (Wildman–Crippen LogP) is 2.62. The van der Waals surface area contributed by atoms with Crippen LogP contribution in [0.2, 0.25) is 0 Å². The number of nitrogens with zero attached hydrogens (tertiary/aromatic N) is 3. The number of ether oxygens (including phenoxy) is 1. The van der Waals surface area contributed by atoms with Crippen molar-refractivity contribution in [1.29, 1.82) is 0 Å². The lowest BCUT2D eigenvalue weighted by molar-refractivity contribution is -0.123. The number of piperidine rings is 1. The lowest BCUT2D eigenvalue weighted by Crippen LogP contribution is -2.54. The highest BCUT2D eigenvalue weighted by atomic mass is 32.2. The minimum absolute atomic E-state index is 0.0359. The first-order chi connectivity index (χ1) is 13.4. The SMILES string of the molecule is CS(=O)(=O)N1CCCC[C@@H]1C(=O)N(C[C@H]1CCCO1)c1nc2ccccc2s1. The number of rotatable bonds is 5. The van der Waals surface area contributed by atoms with E-state index in [1.165, 1.54) is 21.9 Å². The number of aromatic nitrogens is 1. The van der Waals surface area contributed by atoms with Crippen molar-refractivity contribution in [3.63, 3.8) is 0 Å². The Morgan fingerprint density at radius 2 is 2.11 bits per heavy atom. The van der Waals surface area contributed by atoms with E-state index in [0.29, 0.717) is 31.2 Å². The quantitative estimate of drug-likeness (QED) is 0.739. The molecule has 2 fully saturated rings. The number of hydrogen-bond acceptors (Lipinski definition) is 6. The molecule has 2 saturated heterocycles. The molecule has 0 radical (unpaired) electrons. The molecule has 0 bridgehead atoms. The maximum atomic E-state index is 13.6. The molecule has 1 amide bonds. The highest BCUT2D eigenvalue weighted by Crippen LogP contribution is 2.32. The van der Waals surface area contributed by atoms with Crippen LogP contribution in [0.5, 0.6) is 0 Å². The Labute approximate surface area is 169 Å². The van der Waals surface area contributed by atoms with E-state index in [-0.39, 0.29) is 12.0 Å². The second-order valence-corrected chi connectivity index (χ2v) is 10.4. The summed E-state index contributed by atoms with van der Waals surface area (Å²) in [7, 11) is -3.45. The Morgan fingerprint density at radius 3 is 2.82 bits per heavy atom. The summed E-state index contributed by atoms with van der Waals surface area (Å²) in [5.41, 5.74) is 0.844. The molecule has 7 nitrogen and oxygen atoms in total. The van der Waals surface area contributed by atoms with Crippen LogP contribution in [0, 0.1) is 0 Å². The zero-order chi connectivity index (χ0) is 19.7. The molecule has 2 atom stereocenters. The summed E-state index contributed by atoms with van der Waals surface area (Å²) in [4.78, 5) is 19.9. The van der Waals surface area contributed by atoms with E-state index in [4.69, 9.17) is 4.74 Å².